The van der Waals surface area contributed by atoms with Gasteiger partial charge in [-0.15, -0.1) is 0 Å². The molecule has 0 radical (unpaired) electrons. The lowest BCUT2D eigenvalue weighted by molar-refractivity contribution is -0.115. The molecule has 0 fully saturated rings. The van der Waals surface area contributed by atoms with Gasteiger partial charge in [-0.1, -0.05) is 40.7 Å². The van der Waals surface area contributed by atoms with Gasteiger partial charge in [0.2, 0.25) is 0 Å². The quantitative estimate of drug-likeness (QED) is 0.543. The summed E-state index contributed by atoms with van der Waals surface area (Å²) < 4.78 is 0. The second-order valence-corrected chi connectivity index (χ2v) is 5.25. The summed E-state index contributed by atoms with van der Waals surface area (Å²) in [5, 5.41) is 0. The van der Waals surface area contributed by atoms with E-state index in [1.807, 2.05) is 0 Å². The molecule has 0 aliphatic carbocycles. The summed E-state index contributed by atoms with van der Waals surface area (Å²) >= 11 is 0. The molecular formula is C14H26O. The highest BCUT2D eigenvalue weighted by Crippen LogP contribution is 2.14. The molecule has 0 atom stereocenters. The number of allylic oxidation sites excluding steroid dienone is 1. The van der Waals surface area contributed by atoms with Crippen molar-refractivity contribution in [1.29, 1.82) is 0 Å². The van der Waals surface area contributed by atoms with Crippen molar-refractivity contribution in [3.8, 4) is 0 Å². The smallest absolute Gasteiger partial charge is 0.158 e. The van der Waals surface area contributed by atoms with Crippen molar-refractivity contribution in [1.82, 2.24) is 0 Å². The van der Waals surface area contributed by atoms with Gasteiger partial charge in [-0.3, -0.25) is 4.79 Å². The van der Waals surface area contributed by atoms with Crippen LogP contribution in [0.15, 0.2) is 12.2 Å². The Kier molecular flexibility index (Phi) is 7.37. The third-order valence-electron chi connectivity index (χ3n) is 2.60. The van der Waals surface area contributed by atoms with Gasteiger partial charge in [0.05, 0.1) is 0 Å². The van der Waals surface area contributed by atoms with E-state index >= 15 is 0 Å². The van der Waals surface area contributed by atoms with Crippen LogP contribution in [0.4, 0.5) is 0 Å². The van der Waals surface area contributed by atoms with Gasteiger partial charge in [-0.25, -0.2) is 0 Å². The average molecular weight is 210 g/mol. The van der Waals surface area contributed by atoms with Crippen LogP contribution in [0.25, 0.3) is 0 Å². The predicted octanol–water partition coefficient (Wildman–Crippen LogP) is 4.37. The minimum absolute atomic E-state index is 0.271. The molecule has 15 heavy (non-hydrogen) atoms. The Balaban J connectivity index is 3.65. The zero-order valence-electron chi connectivity index (χ0n) is 10.8. The van der Waals surface area contributed by atoms with E-state index < -0.39 is 0 Å². The van der Waals surface area contributed by atoms with E-state index in [1.54, 1.807) is 0 Å². The zero-order chi connectivity index (χ0) is 11.8. The van der Waals surface area contributed by atoms with E-state index in [4.69, 9.17) is 0 Å². The van der Waals surface area contributed by atoms with E-state index in [-0.39, 0.29) is 5.78 Å². The van der Waals surface area contributed by atoms with Crippen molar-refractivity contribution in [2.75, 3.05) is 0 Å². The van der Waals surface area contributed by atoms with Crippen LogP contribution in [0.3, 0.4) is 0 Å². The minimum atomic E-state index is 0.271. The summed E-state index contributed by atoms with van der Waals surface area (Å²) in [5.41, 5.74) is 0.830. The number of ketones is 1. The fraction of sp³-hybridized carbons (Fsp3) is 0.786. The highest BCUT2D eigenvalue weighted by molar-refractivity contribution is 5.94. The van der Waals surface area contributed by atoms with Gasteiger partial charge in [-0.05, 0) is 36.7 Å². The summed E-state index contributed by atoms with van der Waals surface area (Å²) in [6.07, 6.45) is 4.84. The topological polar surface area (TPSA) is 17.1 Å². The minimum Gasteiger partial charge on any atom is -0.295 e. The zero-order valence-corrected chi connectivity index (χ0v) is 10.8. The molecule has 1 nitrogen and oxygen atoms in total. The lowest BCUT2D eigenvalue weighted by Gasteiger charge is -2.07. The van der Waals surface area contributed by atoms with Crippen LogP contribution in [0.2, 0.25) is 0 Å². The molecule has 0 heterocycles. The van der Waals surface area contributed by atoms with E-state index in [0.29, 0.717) is 12.3 Å². The third-order valence-corrected chi connectivity index (χ3v) is 2.60. The van der Waals surface area contributed by atoms with Gasteiger partial charge in [0, 0.05) is 6.42 Å². The maximum Gasteiger partial charge on any atom is 0.158 e. The number of Topliss-reactive ketones (excluding diaryl/α,β-unsaturated/α-hetero) is 1. The van der Waals surface area contributed by atoms with Crippen LogP contribution in [-0.2, 0) is 4.79 Å². The first-order valence-corrected chi connectivity index (χ1v) is 6.14. The third kappa shape index (κ3) is 8.41. The fourth-order valence-corrected chi connectivity index (χ4v) is 1.46. The molecule has 0 bridgehead atoms. The predicted molar refractivity (Wildman–Crippen MR) is 66.9 cm³/mol. The Labute approximate surface area is 95.0 Å². The van der Waals surface area contributed by atoms with Gasteiger partial charge in [0.1, 0.15) is 0 Å². The largest absolute Gasteiger partial charge is 0.295 e. The molecule has 0 aliphatic rings. The summed E-state index contributed by atoms with van der Waals surface area (Å²) in [6.45, 7) is 12.6. The van der Waals surface area contributed by atoms with Crippen molar-refractivity contribution in [3.05, 3.63) is 12.2 Å². The van der Waals surface area contributed by atoms with Crippen LogP contribution in [0, 0.1) is 11.8 Å². The van der Waals surface area contributed by atoms with Gasteiger partial charge in [-0.2, -0.15) is 0 Å². The molecule has 0 amide bonds. The standard InChI is InChI=1S/C14H26O/c1-11(2)7-6-8-13(5)14(15)10-9-12(3)4/h11-12H,5-10H2,1-4H3. The van der Waals surface area contributed by atoms with E-state index in [2.05, 4.69) is 34.3 Å². The molecule has 0 aliphatic heterocycles. The summed E-state index contributed by atoms with van der Waals surface area (Å²) in [7, 11) is 0. The molecule has 0 aromatic heterocycles. The lowest BCUT2D eigenvalue weighted by atomic mass is 9.97. The van der Waals surface area contributed by atoms with Gasteiger partial charge in [0.25, 0.3) is 0 Å². The molecule has 0 saturated carbocycles. The van der Waals surface area contributed by atoms with Crippen molar-refractivity contribution in [2.24, 2.45) is 11.8 Å². The molecule has 0 aromatic carbocycles. The Bertz CT molecular complexity index is 201. The van der Waals surface area contributed by atoms with Crippen LogP contribution >= 0.6 is 0 Å². The maximum absolute atomic E-state index is 11.6. The van der Waals surface area contributed by atoms with Crippen molar-refractivity contribution in [3.63, 3.8) is 0 Å². The van der Waals surface area contributed by atoms with Crippen LogP contribution in [0.1, 0.15) is 59.8 Å². The second kappa shape index (κ2) is 7.67. The van der Waals surface area contributed by atoms with E-state index in [1.165, 1.54) is 6.42 Å². The number of hydrogen-bond donors (Lipinski definition) is 0. The molecular weight excluding hydrogens is 184 g/mol. The highest BCUT2D eigenvalue weighted by Gasteiger charge is 2.08. The maximum atomic E-state index is 11.6. The average Bonchev–Trinajstić information content (AvgIpc) is 2.13. The fourth-order valence-electron chi connectivity index (χ4n) is 1.46. The van der Waals surface area contributed by atoms with Crippen molar-refractivity contribution >= 4 is 5.78 Å². The first-order chi connectivity index (χ1) is 6.93. The summed E-state index contributed by atoms with van der Waals surface area (Å²) in [6, 6.07) is 0. The van der Waals surface area contributed by atoms with Crippen molar-refractivity contribution in [2.45, 2.75) is 59.8 Å². The normalized spacial score (nSPS) is 11.1. The number of carbonyl (C=O) groups is 1. The Hall–Kier alpha value is -0.590. The molecule has 0 spiro atoms. The van der Waals surface area contributed by atoms with Crippen molar-refractivity contribution < 1.29 is 4.79 Å². The van der Waals surface area contributed by atoms with Gasteiger partial charge in [0.15, 0.2) is 5.78 Å². The van der Waals surface area contributed by atoms with Crippen LogP contribution in [-0.4, -0.2) is 5.78 Å². The second-order valence-electron chi connectivity index (χ2n) is 5.25. The Morgan fingerprint density at radius 2 is 1.53 bits per heavy atom. The first kappa shape index (κ1) is 14.4. The Morgan fingerprint density at radius 1 is 1.00 bits per heavy atom. The van der Waals surface area contributed by atoms with Gasteiger partial charge >= 0.3 is 0 Å². The molecule has 0 aromatic rings. The molecule has 0 N–H and O–H groups in total. The molecule has 0 saturated heterocycles. The van der Waals surface area contributed by atoms with Crippen LogP contribution < -0.4 is 0 Å². The molecule has 1 heteroatoms. The van der Waals surface area contributed by atoms with E-state index in [9.17, 15) is 4.79 Å². The Morgan fingerprint density at radius 3 is 2.00 bits per heavy atom. The number of rotatable bonds is 8. The van der Waals surface area contributed by atoms with E-state index in [0.717, 1.165) is 30.8 Å². The summed E-state index contributed by atoms with van der Waals surface area (Å²) in [5.74, 6) is 1.61. The lowest BCUT2D eigenvalue weighted by Crippen LogP contribution is -2.04. The highest BCUT2D eigenvalue weighted by atomic mass is 16.1. The first-order valence-electron chi connectivity index (χ1n) is 6.14. The van der Waals surface area contributed by atoms with Crippen LogP contribution in [0.5, 0.6) is 0 Å². The molecule has 88 valence electrons. The number of hydrogen-bond acceptors (Lipinski definition) is 1. The number of carbonyl (C=O) groups excluding carboxylic acids is 1. The molecule has 0 rings (SSSR count). The summed E-state index contributed by atoms with van der Waals surface area (Å²) in [4.78, 5) is 11.6. The molecule has 0 unspecified atom stereocenters. The SMILES string of the molecule is C=C(CCCC(C)C)C(=O)CCC(C)C. The van der Waals surface area contributed by atoms with Gasteiger partial charge < -0.3 is 0 Å². The monoisotopic (exact) mass is 210 g/mol.